The highest BCUT2D eigenvalue weighted by atomic mass is 79.9. The Hall–Kier alpha value is -2.28. The van der Waals surface area contributed by atoms with Gasteiger partial charge in [-0.25, -0.2) is 14.8 Å². The molecule has 6 nitrogen and oxygen atoms in total. The predicted molar refractivity (Wildman–Crippen MR) is 71.1 cm³/mol. The lowest BCUT2D eigenvalue weighted by atomic mass is 10.2. The van der Waals surface area contributed by atoms with Crippen molar-refractivity contribution in [2.75, 3.05) is 5.32 Å². The second kappa shape index (κ2) is 5.57. The highest BCUT2D eigenvalue weighted by Crippen LogP contribution is 2.11. The van der Waals surface area contributed by atoms with Crippen LogP contribution < -0.4 is 5.32 Å². The van der Waals surface area contributed by atoms with Crippen molar-refractivity contribution >= 4 is 33.6 Å². The summed E-state index contributed by atoms with van der Waals surface area (Å²) in [5.41, 5.74) is 0.262. The van der Waals surface area contributed by atoms with Gasteiger partial charge in [0.05, 0.1) is 0 Å². The summed E-state index contributed by atoms with van der Waals surface area (Å²) in [4.78, 5) is 30.4. The van der Waals surface area contributed by atoms with Crippen LogP contribution in [0.5, 0.6) is 0 Å². The standard InChI is InChI=1S/C12H8BrN3O3/c13-9-6-7(4-5-14-9)11(17)16-10-3-1-2-8(15-10)12(18)19/h1-6H,(H,18,19)(H,15,16,17). The van der Waals surface area contributed by atoms with E-state index in [2.05, 4.69) is 31.2 Å². The minimum absolute atomic E-state index is 0.131. The number of rotatable bonds is 3. The van der Waals surface area contributed by atoms with Crippen LogP contribution in [0.3, 0.4) is 0 Å². The Kier molecular flexibility index (Phi) is 3.86. The Balaban J connectivity index is 2.19. The van der Waals surface area contributed by atoms with Gasteiger partial charge in [-0.05, 0) is 40.2 Å². The molecule has 96 valence electrons. The molecule has 2 aromatic rings. The van der Waals surface area contributed by atoms with E-state index in [0.29, 0.717) is 10.2 Å². The SMILES string of the molecule is O=C(Nc1cccc(C(=O)O)n1)c1ccnc(Br)c1. The fraction of sp³-hybridized carbons (Fsp3) is 0. The zero-order chi connectivity index (χ0) is 13.8. The van der Waals surface area contributed by atoms with Crippen molar-refractivity contribution in [1.82, 2.24) is 9.97 Å². The molecule has 0 saturated carbocycles. The number of aromatic carboxylic acids is 1. The number of pyridine rings is 2. The third-order valence-corrected chi connectivity index (χ3v) is 2.63. The minimum Gasteiger partial charge on any atom is -0.477 e. The molecule has 0 aliphatic rings. The summed E-state index contributed by atoms with van der Waals surface area (Å²) in [6.07, 6.45) is 1.49. The Labute approximate surface area is 116 Å². The topological polar surface area (TPSA) is 92.2 Å². The van der Waals surface area contributed by atoms with Gasteiger partial charge >= 0.3 is 5.97 Å². The zero-order valence-electron chi connectivity index (χ0n) is 9.50. The monoisotopic (exact) mass is 321 g/mol. The average molecular weight is 322 g/mol. The number of carbonyl (C=O) groups excluding carboxylic acids is 1. The third-order valence-electron chi connectivity index (χ3n) is 2.20. The first-order chi connectivity index (χ1) is 9.06. The Bertz CT molecular complexity index is 646. The molecule has 0 atom stereocenters. The molecule has 0 fully saturated rings. The molecule has 0 radical (unpaired) electrons. The lowest BCUT2D eigenvalue weighted by molar-refractivity contribution is 0.0690. The van der Waals surface area contributed by atoms with Crippen molar-refractivity contribution in [3.63, 3.8) is 0 Å². The number of hydrogen-bond acceptors (Lipinski definition) is 4. The van der Waals surface area contributed by atoms with Gasteiger partial charge in [0.25, 0.3) is 5.91 Å². The van der Waals surface area contributed by atoms with Crippen molar-refractivity contribution in [2.24, 2.45) is 0 Å². The molecule has 0 bridgehead atoms. The molecular formula is C12H8BrN3O3. The summed E-state index contributed by atoms with van der Waals surface area (Å²) in [6.45, 7) is 0. The van der Waals surface area contributed by atoms with Crippen LogP contribution in [0.1, 0.15) is 20.8 Å². The van der Waals surface area contributed by atoms with Gasteiger partial charge in [0.2, 0.25) is 0 Å². The highest BCUT2D eigenvalue weighted by molar-refractivity contribution is 9.10. The number of carbonyl (C=O) groups is 2. The third kappa shape index (κ3) is 3.35. The van der Waals surface area contributed by atoms with Crippen molar-refractivity contribution in [2.45, 2.75) is 0 Å². The molecule has 0 aliphatic carbocycles. The molecule has 0 aliphatic heterocycles. The smallest absolute Gasteiger partial charge is 0.354 e. The first-order valence-corrected chi connectivity index (χ1v) is 5.99. The molecule has 7 heteroatoms. The maximum atomic E-state index is 11.9. The van der Waals surface area contributed by atoms with Gasteiger partial charge in [-0.2, -0.15) is 0 Å². The Morgan fingerprint density at radius 2 is 2.05 bits per heavy atom. The van der Waals surface area contributed by atoms with Gasteiger partial charge in [-0.1, -0.05) is 6.07 Å². The molecule has 0 saturated heterocycles. The maximum absolute atomic E-state index is 11.9. The number of carboxylic acids is 1. The quantitative estimate of drug-likeness (QED) is 0.845. The van der Waals surface area contributed by atoms with Crippen LogP contribution in [0.15, 0.2) is 41.1 Å². The molecule has 0 aromatic carbocycles. The van der Waals surface area contributed by atoms with Crippen molar-refractivity contribution in [3.8, 4) is 0 Å². The van der Waals surface area contributed by atoms with E-state index in [1.54, 1.807) is 12.1 Å². The number of nitrogens with one attached hydrogen (secondary N) is 1. The van der Waals surface area contributed by atoms with Crippen LogP contribution in [-0.2, 0) is 0 Å². The summed E-state index contributed by atoms with van der Waals surface area (Å²) in [5, 5.41) is 11.3. The molecule has 19 heavy (non-hydrogen) atoms. The van der Waals surface area contributed by atoms with E-state index in [1.165, 1.54) is 24.4 Å². The van der Waals surface area contributed by atoms with E-state index in [-0.39, 0.29) is 11.5 Å². The lowest BCUT2D eigenvalue weighted by Gasteiger charge is -2.05. The molecule has 2 heterocycles. The molecule has 1 amide bonds. The second-order valence-electron chi connectivity index (χ2n) is 3.53. The van der Waals surface area contributed by atoms with Crippen LogP contribution in [0, 0.1) is 0 Å². The zero-order valence-corrected chi connectivity index (χ0v) is 11.1. The van der Waals surface area contributed by atoms with Gasteiger partial charge in [-0.15, -0.1) is 0 Å². The summed E-state index contributed by atoms with van der Waals surface area (Å²) in [5.74, 6) is -1.36. The number of carboxylic acid groups (broad SMARTS) is 1. The summed E-state index contributed by atoms with van der Waals surface area (Å²) in [6, 6.07) is 7.47. The molecule has 0 spiro atoms. The van der Waals surface area contributed by atoms with Crippen LogP contribution in [0.2, 0.25) is 0 Å². The Morgan fingerprint density at radius 3 is 2.74 bits per heavy atom. The lowest BCUT2D eigenvalue weighted by Crippen LogP contribution is -2.14. The van der Waals surface area contributed by atoms with Gasteiger partial charge in [0.15, 0.2) is 5.69 Å². The van der Waals surface area contributed by atoms with Gasteiger partial charge in [-0.3, -0.25) is 4.79 Å². The van der Waals surface area contributed by atoms with E-state index in [1.807, 2.05) is 0 Å². The molecule has 0 unspecified atom stereocenters. The van der Waals surface area contributed by atoms with E-state index in [9.17, 15) is 9.59 Å². The average Bonchev–Trinajstić information content (AvgIpc) is 2.39. The van der Waals surface area contributed by atoms with Crippen LogP contribution >= 0.6 is 15.9 Å². The largest absolute Gasteiger partial charge is 0.477 e. The minimum atomic E-state index is -1.15. The molecule has 2 N–H and O–H groups in total. The maximum Gasteiger partial charge on any atom is 0.354 e. The van der Waals surface area contributed by atoms with Crippen molar-refractivity contribution < 1.29 is 14.7 Å². The fourth-order valence-corrected chi connectivity index (χ4v) is 1.72. The number of hydrogen-bond donors (Lipinski definition) is 2. The Morgan fingerprint density at radius 1 is 1.26 bits per heavy atom. The fourth-order valence-electron chi connectivity index (χ4n) is 1.36. The molecular weight excluding hydrogens is 314 g/mol. The van der Waals surface area contributed by atoms with Gasteiger partial charge < -0.3 is 10.4 Å². The summed E-state index contributed by atoms with van der Waals surface area (Å²) < 4.78 is 0.535. The van der Waals surface area contributed by atoms with Crippen molar-refractivity contribution in [3.05, 3.63) is 52.4 Å². The highest BCUT2D eigenvalue weighted by Gasteiger charge is 2.09. The normalized spacial score (nSPS) is 9.95. The van der Waals surface area contributed by atoms with Crippen LogP contribution in [0.4, 0.5) is 5.82 Å². The number of nitrogens with zero attached hydrogens (tertiary/aromatic N) is 2. The predicted octanol–water partition coefficient (Wildman–Crippen LogP) is 2.19. The van der Waals surface area contributed by atoms with E-state index >= 15 is 0 Å². The molecule has 2 rings (SSSR count). The van der Waals surface area contributed by atoms with Gasteiger partial charge in [0, 0.05) is 11.8 Å². The van der Waals surface area contributed by atoms with Crippen LogP contribution in [-0.4, -0.2) is 27.0 Å². The molecule has 2 aromatic heterocycles. The first kappa shape index (κ1) is 13.2. The van der Waals surface area contributed by atoms with E-state index in [4.69, 9.17) is 5.11 Å². The van der Waals surface area contributed by atoms with E-state index < -0.39 is 11.9 Å². The number of anilines is 1. The number of amides is 1. The number of halogens is 1. The second-order valence-corrected chi connectivity index (χ2v) is 4.35. The van der Waals surface area contributed by atoms with Gasteiger partial charge in [0.1, 0.15) is 10.4 Å². The summed E-state index contributed by atoms with van der Waals surface area (Å²) >= 11 is 3.16. The van der Waals surface area contributed by atoms with Crippen LogP contribution in [0.25, 0.3) is 0 Å². The first-order valence-electron chi connectivity index (χ1n) is 5.19. The number of aromatic nitrogens is 2. The van der Waals surface area contributed by atoms with Crippen molar-refractivity contribution in [1.29, 1.82) is 0 Å². The summed E-state index contributed by atoms with van der Waals surface area (Å²) in [7, 11) is 0. The van der Waals surface area contributed by atoms with E-state index in [0.717, 1.165) is 0 Å².